The summed E-state index contributed by atoms with van der Waals surface area (Å²) in [4.78, 5) is 13.6. The molecule has 0 amide bonds. The van der Waals surface area contributed by atoms with Crippen molar-refractivity contribution in [1.82, 2.24) is 0 Å². The van der Waals surface area contributed by atoms with E-state index in [0.29, 0.717) is 5.69 Å². The van der Waals surface area contributed by atoms with Gasteiger partial charge in [-0.1, -0.05) is 23.2 Å². The van der Waals surface area contributed by atoms with Crippen molar-refractivity contribution in [3.8, 4) is 5.75 Å². The summed E-state index contributed by atoms with van der Waals surface area (Å²) in [6.45, 7) is 0. The number of nitrogens with one attached hydrogen (secondary N) is 1. The minimum absolute atomic E-state index is 0.145. The van der Waals surface area contributed by atoms with E-state index < -0.39 is 18.3 Å². The van der Waals surface area contributed by atoms with Crippen LogP contribution in [0.15, 0.2) is 41.4 Å². The third-order valence-corrected chi connectivity index (χ3v) is 3.43. The molecule has 0 unspecified atom stereocenters. The Balaban J connectivity index is 2.18. The van der Waals surface area contributed by atoms with Gasteiger partial charge in [0.05, 0.1) is 21.4 Å². The lowest BCUT2D eigenvalue weighted by Crippen LogP contribution is -2.33. The van der Waals surface area contributed by atoms with Crippen molar-refractivity contribution < 1.29 is 27.1 Å². The number of ether oxygens (including phenoxy) is 1. The van der Waals surface area contributed by atoms with E-state index in [2.05, 4.69) is 15.0 Å². The Morgan fingerprint density at radius 3 is 2.16 bits per heavy atom. The van der Waals surface area contributed by atoms with E-state index in [1.54, 1.807) is 0 Å². The highest BCUT2D eigenvalue weighted by molar-refractivity contribution is 6.39. The lowest BCUT2D eigenvalue weighted by Gasteiger charge is -2.17. The number of isocyanates is 1. The molecule has 0 aromatic heterocycles. The molecule has 0 spiro atoms. The maximum absolute atomic E-state index is 12.8. The maximum Gasteiger partial charge on any atom is 0.461 e. The molecule has 0 atom stereocenters. The Morgan fingerprint density at radius 2 is 1.68 bits per heavy atom. The van der Waals surface area contributed by atoms with E-state index in [9.17, 15) is 22.4 Å². The van der Waals surface area contributed by atoms with Crippen LogP contribution in [0.25, 0.3) is 0 Å². The van der Waals surface area contributed by atoms with Gasteiger partial charge in [-0.3, -0.25) is 0 Å². The van der Waals surface area contributed by atoms with Crippen LogP contribution in [0.1, 0.15) is 0 Å². The van der Waals surface area contributed by atoms with Crippen LogP contribution in [0, 0.1) is 0 Å². The van der Waals surface area contributed by atoms with E-state index in [4.69, 9.17) is 23.2 Å². The minimum atomic E-state index is -4.59. The number of hydrogen-bond donors (Lipinski definition) is 1. The number of alkyl halides is 4. The summed E-state index contributed by atoms with van der Waals surface area (Å²) in [5.74, 6) is -0.441. The summed E-state index contributed by atoms with van der Waals surface area (Å²) in [6, 6.07) is 7.49. The quantitative estimate of drug-likeness (QED) is 0.374. The fraction of sp³-hybridized carbons (Fsp3) is 0.133. The summed E-state index contributed by atoms with van der Waals surface area (Å²) in [6.07, 6.45) is -7.19. The molecule has 2 aromatic carbocycles. The maximum atomic E-state index is 12.8. The summed E-state index contributed by atoms with van der Waals surface area (Å²) < 4.78 is 53.8. The fourth-order valence-electron chi connectivity index (χ4n) is 1.75. The molecule has 25 heavy (non-hydrogen) atoms. The molecule has 132 valence electrons. The third kappa shape index (κ3) is 4.85. The van der Waals surface area contributed by atoms with Crippen LogP contribution in [-0.4, -0.2) is 18.6 Å². The molecule has 1 N–H and O–H groups in total. The number of rotatable bonds is 6. The van der Waals surface area contributed by atoms with Gasteiger partial charge in [-0.15, -0.1) is 0 Å². The summed E-state index contributed by atoms with van der Waals surface area (Å²) in [7, 11) is 0. The van der Waals surface area contributed by atoms with Gasteiger partial charge in [0.1, 0.15) is 5.75 Å². The molecule has 4 nitrogen and oxygen atoms in total. The molecular formula is C15H8Cl2F4N2O2. The molecule has 0 radical (unpaired) electrons. The van der Waals surface area contributed by atoms with Gasteiger partial charge in [-0.2, -0.15) is 22.6 Å². The Morgan fingerprint density at radius 1 is 1.12 bits per heavy atom. The van der Waals surface area contributed by atoms with Crippen LogP contribution >= 0.6 is 23.2 Å². The SMILES string of the molecule is O=C=Nc1cc(Cl)c(Nc2ccc(OC(F)(F)C(F)F)cc2)c(Cl)c1. The molecule has 0 saturated carbocycles. The third-order valence-electron chi connectivity index (χ3n) is 2.83. The highest BCUT2D eigenvalue weighted by Gasteiger charge is 2.43. The predicted octanol–water partition coefficient (Wildman–Crippen LogP) is 5.94. The second-order valence-corrected chi connectivity index (χ2v) is 5.42. The zero-order valence-corrected chi connectivity index (χ0v) is 13.6. The number of halogens is 6. The number of anilines is 2. The Bertz CT molecular complexity index is 787. The zero-order chi connectivity index (χ0) is 18.6. The summed E-state index contributed by atoms with van der Waals surface area (Å²) >= 11 is 12.1. The lowest BCUT2D eigenvalue weighted by molar-refractivity contribution is -0.253. The van der Waals surface area contributed by atoms with E-state index >= 15 is 0 Å². The van der Waals surface area contributed by atoms with Crippen LogP contribution in [0.3, 0.4) is 0 Å². The van der Waals surface area contributed by atoms with Gasteiger partial charge in [-0.25, -0.2) is 4.79 Å². The number of carbonyl (C=O) groups excluding carboxylic acids is 1. The van der Waals surface area contributed by atoms with Crippen molar-refractivity contribution in [1.29, 1.82) is 0 Å². The molecule has 0 aliphatic rings. The Hall–Kier alpha value is -2.28. The standard InChI is InChI=1S/C15H8Cl2F4N2O2/c16-11-5-9(22-7-24)6-12(17)13(11)23-8-1-3-10(4-2-8)25-15(20,21)14(18)19/h1-6,14,23H. The molecular weight excluding hydrogens is 387 g/mol. The highest BCUT2D eigenvalue weighted by Crippen LogP contribution is 2.37. The largest absolute Gasteiger partial charge is 0.461 e. The summed E-state index contributed by atoms with van der Waals surface area (Å²) in [5, 5.41) is 3.12. The lowest BCUT2D eigenvalue weighted by atomic mass is 10.2. The van der Waals surface area contributed by atoms with Gasteiger partial charge in [-0.05, 0) is 36.4 Å². The van der Waals surface area contributed by atoms with Crippen LogP contribution < -0.4 is 10.1 Å². The number of nitrogens with zero attached hydrogens (tertiary/aromatic N) is 1. The van der Waals surface area contributed by atoms with Crippen LogP contribution in [0.4, 0.5) is 34.6 Å². The monoisotopic (exact) mass is 394 g/mol. The zero-order valence-electron chi connectivity index (χ0n) is 12.1. The number of aliphatic imine (C=N–C) groups is 1. The topological polar surface area (TPSA) is 50.7 Å². The van der Waals surface area contributed by atoms with Gasteiger partial charge < -0.3 is 10.1 Å². The second-order valence-electron chi connectivity index (χ2n) is 4.60. The van der Waals surface area contributed by atoms with Crippen molar-refractivity contribution in [3.05, 3.63) is 46.4 Å². The average molecular weight is 395 g/mol. The molecule has 0 fully saturated rings. The fourth-order valence-corrected chi connectivity index (χ4v) is 2.32. The van der Waals surface area contributed by atoms with Gasteiger partial charge in [0.2, 0.25) is 6.08 Å². The summed E-state index contributed by atoms with van der Waals surface area (Å²) in [5.41, 5.74) is 0.858. The van der Waals surface area contributed by atoms with Crippen LogP contribution in [0.2, 0.25) is 10.0 Å². The number of hydrogen-bond acceptors (Lipinski definition) is 4. The van der Waals surface area contributed by atoms with Gasteiger partial charge >= 0.3 is 12.5 Å². The minimum Gasteiger partial charge on any atom is -0.428 e. The van der Waals surface area contributed by atoms with Crippen molar-refractivity contribution in [2.75, 3.05) is 5.32 Å². The normalized spacial score (nSPS) is 11.2. The molecule has 2 rings (SSSR count). The Kier molecular flexibility index (Phi) is 5.89. The van der Waals surface area contributed by atoms with E-state index in [1.165, 1.54) is 30.3 Å². The molecule has 0 saturated heterocycles. The van der Waals surface area contributed by atoms with Crippen molar-refractivity contribution in [2.24, 2.45) is 4.99 Å². The molecule has 0 bridgehead atoms. The molecule has 0 aliphatic carbocycles. The first kappa shape index (κ1) is 19.1. The molecule has 0 heterocycles. The van der Waals surface area contributed by atoms with E-state index in [1.807, 2.05) is 0 Å². The number of benzene rings is 2. The van der Waals surface area contributed by atoms with E-state index in [0.717, 1.165) is 12.1 Å². The van der Waals surface area contributed by atoms with Crippen LogP contribution in [-0.2, 0) is 4.79 Å². The molecule has 10 heteroatoms. The Labute approximate surface area is 149 Å². The van der Waals surface area contributed by atoms with E-state index in [-0.39, 0.29) is 21.4 Å². The predicted molar refractivity (Wildman–Crippen MR) is 85.5 cm³/mol. The highest BCUT2D eigenvalue weighted by atomic mass is 35.5. The van der Waals surface area contributed by atoms with Gasteiger partial charge in [0, 0.05) is 5.69 Å². The smallest absolute Gasteiger partial charge is 0.428 e. The van der Waals surface area contributed by atoms with Crippen molar-refractivity contribution in [2.45, 2.75) is 12.5 Å². The first-order valence-corrected chi connectivity index (χ1v) is 7.27. The average Bonchev–Trinajstić information content (AvgIpc) is 2.52. The molecule has 2 aromatic rings. The first-order valence-electron chi connectivity index (χ1n) is 6.52. The van der Waals surface area contributed by atoms with Gasteiger partial charge in [0.15, 0.2) is 0 Å². The van der Waals surface area contributed by atoms with Gasteiger partial charge in [0.25, 0.3) is 0 Å². The first-order chi connectivity index (χ1) is 11.7. The van der Waals surface area contributed by atoms with Crippen molar-refractivity contribution in [3.63, 3.8) is 0 Å². The molecule has 0 aliphatic heterocycles. The second kappa shape index (κ2) is 7.74. The van der Waals surface area contributed by atoms with Crippen molar-refractivity contribution >= 4 is 46.3 Å². The van der Waals surface area contributed by atoms with Crippen LogP contribution in [0.5, 0.6) is 5.75 Å².